The van der Waals surface area contributed by atoms with Gasteiger partial charge in [0.1, 0.15) is 17.5 Å². The quantitative estimate of drug-likeness (QED) is 0.709. The molecule has 5 nitrogen and oxygen atoms in total. The minimum atomic E-state index is -0.402. The monoisotopic (exact) mass is 295 g/mol. The lowest BCUT2D eigenvalue weighted by Gasteiger charge is -2.19. The van der Waals surface area contributed by atoms with Gasteiger partial charge in [-0.25, -0.2) is 4.79 Å². The Balaban J connectivity index is 2.95. The number of esters is 1. The van der Waals surface area contributed by atoms with Crippen molar-refractivity contribution in [3.8, 4) is 11.5 Å². The fourth-order valence-electron chi connectivity index (χ4n) is 1.92. The second kappa shape index (κ2) is 9.10. The summed E-state index contributed by atoms with van der Waals surface area (Å²) in [6, 6.07) is 5.14. The lowest BCUT2D eigenvalue weighted by Crippen LogP contribution is -2.30. The molecule has 118 valence electrons. The third-order valence-corrected chi connectivity index (χ3v) is 2.87. The Bertz CT molecular complexity index is 448. The van der Waals surface area contributed by atoms with E-state index in [1.54, 1.807) is 6.92 Å². The molecule has 0 fully saturated rings. The molecule has 0 saturated carbocycles. The standard InChI is InChI=1S/C16H25NO4/c1-5-13(16(18)21-8-4)17-14-11-12(19-6-2)9-10-15(14)20-7-3/h9-11,13,17H,5-8H2,1-4H3. The van der Waals surface area contributed by atoms with Gasteiger partial charge >= 0.3 is 5.97 Å². The molecule has 1 atom stereocenters. The van der Waals surface area contributed by atoms with E-state index in [9.17, 15) is 4.79 Å². The highest BCUT2D eigenvalue weighted by molar-refractivity contribution is 5.80. The maximum atomic E-state index is 11.9. The molecule has 0 bridgehead atoms. The summed E-state index contributed by atoms with van der Waals surface area (Å²) in [6.07, 6.45) is 0.628. The number of nitrogens with one attached hydrogen (secondary N) is 1. The van der Waals surface area contributed by atoms with Gasteiger partial charge in [0, 0.05) is 6.07 Å². The van der Waals surface area contributed by atoms with Gasteiger partial charge in [-0.05, 0) is 39.3 Å². The summed E-state index contributed by atoms with van der Waals surface area (Å²) in [5, 5.41) is 3.19. The average molecular weight is 295 g/mol. The lowest BCUT2D eigenvalue weighted by atomic mass is 10.2. The number of rotatable bonds is 9. The topological polar surface area (TPSA) is 56.8 Å². The predicted octanol–water partition coefficient (Wildman–Crippen LogP) is 3.24. The van der Waals surface area contributed by atoms with Gasteiger partial charge in [0.2, 0.25) is 0 Å². The summed E-state index contributed by atoms with van der Waals surface area (Å²) >= 11 is 0. The van der Waals surface area contributed by atoms with E-state index in [1.807, 2.05) is 39.0 Å². The fourth-order valence-corrected chi connectivity index (χ4v) is 1.92. The summed E-state index contributed by atoms with van der Waals surface area (Å²) in [4.78, 5) is 11.9. The molecule has 1 N–H and O–H groups in total. The first-order valence-electron chi connectivity index (χ1n) is 7.48. The van der Waals surface area contributed by atoms with Crippen LogP contribution in [-0.2, 0) is 9.53 Å². The van der Waals surface area contributed by atoms with E-state index in [0.29, 0.717) is 32.0 Å². The first-order chi connectivity index (χ1) is 10.2. The Hall–Kier alpha value is -1.91. The molecule has 21 heavy (non-hydrogen) atoms. The second-order valence-electron chi connectivity index (χ2n) is 4.38. The molecule has 1 rings (SSSR count). The molecule has 0 aliphatic heterocycles. The molecule has 0 spiro atoms. The van der Waals surface area contributed by atoms with Crippen LogP contribution in [0.2, 0.25) is 0 Å². The molecular weight excluding hydrogens is 270 g/mol. The fraction of sp³-hybridized carbons (Fsp3) is 0.562. The minimum Gasteiger partial charge on any atom is -0.494 e. The average Bonchev–Trinajstić information content (AvgIpc) is 2.47. The zero-order valence-electron chi connectivity index (χ0n) is 13.3. The number of ether oxygens (including phenoxy) is 3. The molecule has 1 aromatic carbocycles. The summed E-state index contributed by atoms with van der Waals surface area (Å²) in [5.74, 6) is 1.18. The van der Waals surface area contributed by atoms with Gasteiger partial charge in [-0.1, -0.05) is 6.92 Å². The van der Waals surface area contributed by atoms with Crippen molar-refractivity contribution in [3.63, 3.8) is 0 Å². The third kappa shape index (κ3) is 5.17. The van der Waals surface area contributed by atoms with Crippen LogP contribution < -0.4 is 14.8 Å². The first kappa shape index (κ1) is 17.1. The molecule has 0 aromatic heterocycles. The van der Waals surface area contributed by atoms with Crippen molar-refractivity contribution in [3.05, 3.63) is 18.2 Å². The number of hydrogen-bond acceptors (Lipinski definition) is 5. The van der Waals surface area contributed by atoms with Gasteiger partial charge in [0.25, 0.3) is 0 Å². The van der Waals surface area contributed by atoms with E-state index in [4.69, 9.17) is 14.2 Å². The van der Waals surface area contributed by atoms with Crippen molar-refractivity contribution in [1.29, 1.82) is 0 Å². The van der Waals surface area contributed by atoms with E-state index >= 15 is 0 Å². The first-order valence-corrected chi connectivity index (χ1v) is 7.48. The number of carbonyl (C=O) groups is 1. The van der Waals surface area contributed by atoms with Gasteiger partial charge < -0.3 is 19.5 Å². The molecule has 0 radical (unpaired) electrons. The summed E-state index contributed by atoms with van der Waals surface area (Å²) < 4.78 is 16.1. The molecule has 1 unspecified atom stereocenters. The van der Waals surface area contributed by atoms with Crippen LogP contribution in [-0.4, -0.2) is 31.8 Å². The molecule has 0 saturated heterocycles. The van der Waals surface area contributed by atoms with Crippen LogP contribution in [0.4, 0.5) is 5.69 Å². The molecule has 0 aliphatic carbocycles. The number of carbonyl (C=O) groups excluding carboxylic acids is 1. The largest absolute Gasteiger partial charge is 0.494 e. The van der Waals surface area contributed by atoms with Crippen LogP contribution in [0.3, 0.4) is 0 Å². The lowest BCUT2D eigenvalue weighted by molar-refractivity contribution is -0.144. The zero-order chi connectivity index (χ0) is 15.7. The van der Waals surface area contributed by atoms with Crippen molar-refractivity contribution < 1.29 is 19.0 Å². The number of anilines is 1. The highest BCUT2D eigenvalue weighted by atomic mass is 16.5. The Kier molecular flexibility index (Phi) is 7.43. The zero-order valence-corrected chi connectivity index (χ0v) is 13.3. The van der Waals surface area contributed by atoms with E-state index in [1.165, 1.54) is 0 Å². The van der Waals surface area contributed by atoms with Crippen molar-refractivity contribution in [2.24, 2.45) is 0 Å². The molecule has 0 heterocycles. The highest BCUT2D eigenvalue weighted by Crippen LogP contribution is 2.30. The van der Waals surface area contributed by atoms with Gasteiger partial charge in [0.05, 0.1) is 25.5 Å². The highest BCUT2D eigenvalue weighted by Gasteiger charge is 2.19. The van der Waals surface area contributed by atoms with Crippen LogP contribution in [0.1, 0.15) is 34.1 Å². The van der Waals surface area contributed by atoms with E-state index < -0.39 is 6.04 Å². The molecule has 0 amide bonds. The molecule has 5 heteroatoms. The third-order valence-electron chi connectivity index (χ3n) is 2.87. The Labute approximate surface area is 126 Å². The SMILES string of the molecule is CCOC(=O)C(CC)Nc1cc(OCC)ccc1OCC. The van der Waals surface area contributed by atoms with Gasteiger partial charge in [0.15, 0.2) is 0 Å². The van der Waals surface area contributed by atoms with E-state index in [0.717, 1.165) is 11.4 Å². The normalized spacial score (nSPS) is 11.6. The predicted molar refractivity (Wildman–Crippen MR) is 83.1 cm³/mol. The Morgan fingerprint density at radius 3 is 2.38 bits per heavy atom. The van der Waals surface area contributed by atoms with E-state index in [-0.39, 0.29) is 5.97 Å². The second-order valence-corrected chi connectivity index (χ2v) is 4.38. The van der Waals surface area contributed by atoms with Crippen LogP contribution in [0.5, 0.6) is 11.5 Å². The van der Waals surface area contributed by atoms with Crippen molar-refractivity contribution in [2.45, 2.75) is 40.2 Å². The molecule has 0 aliphatic rings. The molecule has 1 aromatic rings. The number of benzene rings is 1. The van der Waals surface area contributed by atoms with Crippen LogP contribution in [0.25, 0.3) is 0 Å². The molecular formula is C16H25NO4. The van der Waals surface area contributed by atoms with Crippen LogP contribution in [0.15, 0.2) is 18.2 Å². The van der Waals surface area contributed by atoms with Crippen molar-refractivity contribution in [1.82, 2.24) is 0 Å². The van der Waals surface area contributed by atoms with Gasteiger partial charge in [-0.15, -0.1) is 0 Å². The minimum absolute atomic E-state index is 0.260. The maximum Gasteiger partial charge on any atom is 0.328 e. The van der Waals surface area contributed by atoms with E-state index in [2.05, 4.69) is 5.32 Å². The summed E-state index contributed by atoms with van der Waals surface area (Å²) in [5.41, 5.74) is 0.739. The van der Waals surface area contributed by atoms with Crippen molar-refractivity contribution in [2.75, 3.05) is 25.1 Å². The van der Waals surface area contributed by atoms with Crippen LogP contribution in [0, 0.1) is 0 Å². The smallest absolute Gasteiger partial charge is 0.328 e. The Morgan fingerprint density at radius 2 is 1.81 bits per heavy atom. The van der Waals surface area contributed by atoms with Crippen LogP contribution >= 0.6 is 0 Å². The maximum absolute atomic E-state index is 11.9. The summed E-state index contributed by atoms with van der Waals surface area (Å²) in [7, 11) is 0. The number of hydrogen-bond donors (Lipinski definition) is 1. The summed E-state index contributed by atoms with van der Waals surface area (Å²) in [6.45, 7) is 9.09. The van der Waals surface area contributed by atoms with Crippen molar-refractivity contribution >= 4 is 11.7 Å². The van der Waals surface area contributed by atoms with Gasteiger partial charge in [-0.3, -0.25) is 0 Å². The Morgan fingerprint density at radius 1 is 1.10 bits per heavy atom. The van der Waals surface area contributed by atoms with Gasteiger partial charge in [-0.2, -0.15) is 0 Å².